The molecule has 0 aliphatic carbocycles. The van der Waals surface area contributed by atoms with Gasteiger partial charge in [0.1, 0.15) is 6.10 Å². The molecule has 0 radical (unpaired) electrons. The topological polar surface area (TPSA) is 95.9 Å². The Morgan fingerprint density at radius 2 is 0.689 bits per heavy atom. The van der Waals surface area contributed by atoms with Crippen LogP contribution in [0.4, 0.5) is 0 Å². The quantitative estimate of drug-likeness (QED) is 0.0418. The van der Waals surface area contributed by atoms with Crippen LogP contribution in [0, 0.1) is 0 Å². The van der Waals surface area contributed by atoms with E-state index in [0.717, 1.165) is 38.5 Å². The molecule has 0 aromatic carbocycles. The zero-order valence-corrected chi connectivity index (χ0v) is 41.6. The fraction of sp³-hybridized carbons (Fsp3) is 0.964. The first-order valence-electron chi connectivity index (χ1n) is 27.8. The van der Waals surface area contributed by atoms with Crippen molar-refractivity contribution in [2.75, 3.05) is 6.61 Å². The highest BCUT2D eigenvalue weighted by Gasteiger charge is 2.24. The number of carbonyl (C=O) groups is 2. The van der Waals surface area contributed by atoms with Gasteiger partial charge in [0.25, 0.3) is 0 Å². The summed E-state index contributed by atoms with van der Waals surface area (Å²) in [5.74, 6) is -0.448. The Hall–Kier alpha value is -1.14. The lowest BCUT2D eigenvalue weighted by molar-refractivity contribution is -0.151. The van der Waals surface area contributed by atoms with Crippen LogP contribution in [0.5, 0.6) is 0 Å². The summed E-state index contributed by atoms with van der Waals surface area (Å²) < 4.78 is 5.95. The molecule has 1 amide bonds. The molecule has 0 aromatic rings. The summed E-state index contributed by atoms with van der Waals surface area (Å²) >= 11 is 0. The van der Waals surface area contributed by atoms with Crippen LogP contribution in [0.15, 0.2) is 0 Å². The minimum Gasteiger partial charge on any atom is -0.462 e. The average Bonchev–Trinajstić information content (AvgIpc) is 3.25. The van der Waals surface area contributed by atoms with Crippen molar-refractivity contribution in [1.29, 1.82) is 0 Å². The van der Waals surface area contributed by atoms with E-state index in [4.69, 9.17) is 4.74 Å². The highest BCUT2D eigenvalue weighted by atomic mass is 16.5. The van der Waals surface area contributed by atoms with Crippen molar-refractivity contribution in [2.24, 2.45) is 0 Å². The number of hydrogen-bond donors (Lipinski definition) is 3. The summed E-state index contributed by atoms with van der Waals surface area (Å²) in [7, 11) is 0. The maximum absolute atomic E-state index is 13.2. The van der Waals surface area contributed by atoms with Gasteiger partial charge in [0.15, 0.2) is 0 Å². The second-order valence-corrected chi connectivity index (χ2v) is 19.4. The first kappa shape index (κ1) is 59.9. The molecule has 0 saturated carbocycles. The van der Waals surface area contributed by atoms with E-state index in [-0.39, 0.29) is 24.9 Å². The van der Waals surface area contributed by atoms with E-state index >= 15 is 0 Å². The minimum absolute atomic E-state index is 0.0883. The Kier molecular flexibility index (Phi) is 48.9. The van der Waals surface area contributed by atoms with E-state index in [9.17, 15) is 19.8 Å². The fourth-order valence-corrected chi connectivity index (χ4v) is 8.96. The second kappa shape index (κ2) is 49.9. The normalized spacial score (nSPS) is 13.1. The van der Waals surface area contributed by atoms with Crippen LogP contribution >= 0.6 is 0 Å². The second-order valence-electron chi connectivity index (χ2n) is 19.4. The van der Waals surface area contributed by atoms with Gasteiger partial charge in [-0.1, -0.05) is 278 Å². The molecule has 3 N–H and O–H groups in total. The summed E-state index contributed by atoms with van der Waals surface area (Å²) in [5, 5.41) is 23.8. The number of aliphatic hydroxyl groups excluding tert-OH is 2. The van der Waals surface area contributed by atoms with Gasteiger partial charge in [0.2, 0.25) is 5.91 Å². The van der Waals surface area contributed by atoms with Gasteiger partial charge >= 0.3 is 5.97 Å². The third kappa shape index (κ3) is 45.2. The van der Waals surface area contributed by atoms with Crippen molar-refractivity contribution in [1.82, 2.24) is 5.32 Å². The molecule has 3 unspecified atom stereocenters. The molecule has 0 aliphatic heterocycles. The smallest absolute Gasteiger partial charge is 0.306 e. The number of hydrogen-bond acceptors (Lipinski definition) is 5. The van der Waals surface area contributed by atoms with Crippen LogP contribution in [0.1, 0.15) is 316 Å². The predicted molar refractivity (Wildman–Crippen MR) is 264 cm³/mol. The minimum atomic E-state index is -0.779. The van der Waals surface area contributed by atoms with Crippen LogP contribution in [0.25, 0.3) is 0 Å². The number of rotatable bonds is 51. The number of unbranched alkanes of at least 4 members (excludes halogenated alkanes) is 39. The molecule has 3 atom stereocenters. The number of amides is 1. The van der Waals surface area contributed by atoms with Gasteiger partial charge in [-0.15, -0.1) is 0 Å². The Morgan fingerprint density at radius 1 is 0.410 bits per heavy atom. The molecule has 0 spiro atoms. The van der Waals surface area contributed by atoms with Crippen molar-refractivity contribution in [3.63, 3.8) is 0 Å². The van der Waals surface area contributed by atoms with Gasteiger partial charge < -0.3 is 20.3 Å². The van der Waals surface area contributed by atoms with E-state index in [2.05, 4.69) is 26.1 Å². The van der Waals surface area contributed by atoms with Crippen LogP contribution in [0.3, 0.4) is 0 Å². The summed E-state index contributed by atoms with van der Waals surface area (Å²) in [6, 6.07) is -0.692. The SMILES string of the molecule is CCCCCCCCCCCCCCCCCCC(CC(=O)NC(CO)C(O)CCCCCCCCCCCCCCCC)OC(=O)CCCCCCCCCCCCCC. The Labute approximate surface area is 381 Å². The molecule has 0 aromatic heterocycles. The highest BCUT2D eigenvalue weighted by Crippen LogP contribution is 2.19. The van der Waals surface area contributed by atoms with Crippen molar-refractivity contribution >= 4 is 11.9 Å². The maximum Gasteiger partial charge on any atom is 0.306 e. The summed E-state index contributed by atoms with van der Waals surface area (Å²) in [6.07, 6.45) is 54.5. The lowest BCUT2D eigenvalue weighted by atomic mass is 10.0. The van der Waals surface area contributed by atoms with E-state index in [0.29, 0.717) is 19.3 Å². The van der Waals surface area contributed by atoms with Crippen molar-refractivity contribution < 1.29 is 24.5 Å². The largest absolute Gasteiger partial charge is 0.462 e. The molecule has 0 saturated heterocycles. The first-order valence-corrected chi connectivity index (χ1v) is 27.8. The molecule has 0 bridgehead atoms. The number of esters is 1. The molecular formula is C55H109NO5. The van der Waals surface area contributed by atoms with Gasteiger partial charge in [-0.05, 0) is 25.7 Å². The molecule has 0 rings (SSSR count). The molecule has 364 valence electrons. The summed E-state index contributed by atoms with van der Waals surface area (Å²) in [5.41, 5.74) is 0. The zero-order valence-electron chi connectivity index (χ0n) is 41.6. The van der Waals surface area contributed by atoms with Crippen molar-refractivity contribution in [3.8, 4) is 0 Å². The highest BCUT2D eigenvalue weighted by molar-refractivity contribution is 5.77. The van der Waals surface area contributed by atoms with Crippen LogP contribution in [-0.4, -0.2) is 46.9 Å². The van der Waals surface area contributed by atoms with E-state index in [1.54, 1.807) is 0 Å². The Morgan fingerprint density at radius 3 is 1.00 bits per heavy atom. The lowest BCUT2D eigenvalue weighted by Crippen LogP contribution is -2.46. The number of nitrogens with one attached hydrogen (secondary N) is 1. The average molecular weight is 864 g/mol. The van der Waals surface area contributed by atoms with Crippen molar-refractivity contribution in [3.05, 3.63) is 0 Å². The van der Waals surface area contributed by atoms with Crippen molar-refractivity contribution in [2.45, 2.75) is 334 Å². The molecule has 0 aliphatic rings. The fourth-order valence-electron chi connectivity index (χ4n) is 8.96. The van der Waals surface area contributed by atoms with Gasteiger partial charge in [-0.2, -0.15) is 0 Å². The third-order valence-electron chi connectivity index (χ3n) is 13.2. The predicted octanol–water partition coefficient (Wildman–Crippen LogP) is 16.7. The molecule has 6 nitrogen and oxygen atoms in total. The molecule has 61 heavy (non-hydrogen) atoms. The first-order chi connectivity index (χ1) is 30.0. The van der Waals surface area contributed by atoms with Crippen LogP contribution in [-0.2, 0) is 14.3 Å². The van der Waals surface area contributed by atoms with Gasteiger partial charge in [0, 0.05) is 6.42 Å². The molecule has 6 heteroatoms. The van der Waals surface area contributed by atoms with Crippen LogP contribution in [0.2, 0.25) is 0 Å². The zero-order chi connectivity index (χ0) is 44.5. The Bertz CT molecular complexity index is 882. The number of carbonyl (C=O) groups excluding carboxylic acids is 2. The van der Waals surface area contributed by atoms with Gasteiger partial charge in [-0.3, -0.25) is 9.59 Å². The third-order valence-corrected chi connectivity index (χ3v) is 13.2. The van der Waals surface area contributed by atoms with Gasteiger partial charge in [0.05, 0.1) is 25.2 Å². The standard InChI is InChI=1S/C55H109NO5/c1-4-7-10-13-16-19-22-25-27-28-29-31-34-37-40-43-46-51(61-55(60)48-45-42-39-36-33-24-21-18-15-12-9-6-3)49-54(59)56-52(50-57)53(58)47-44-41-38-35-32-30-26-23-20-17-14-11-8-5-2/h51-53,57-58H,4-50H2,1-3H3,(H,56,59). The summed E-state index contributed by atoms with van der Waals surface area (Å²) in [6.45, 7) is 6.52. The van der Waals surface area contributed by atoms with Gasteiger partial charge in [-0.25, -0.2) is 0 Å². The summed E-state index contributed by atoms with van der Waals surface area (Å²) in [4.78, 5) is 26.2. The lowest BCUT2D eigenvalue weighted by Gasteiger charge is -2.24. The molecule has 0 fully saturated rings. The van der Waals surface area contributed by atoms with E-state index < -0.39 is 18.2 Å². The number of ether oxygens (including phenoxy) is 1. The number of aliphatic hydroxyl groups is 2. The monoisotopic (exact) mass is 864 g/mol. The van der Waals surface area contributed by atoms with E-state index in [1.165, 1.54) is 231 Å². The van der Waals surface area contributed by atoms with Crippen LogP contribution < -0.4 is 5.32 Å². The molecular weight excluding hydrogens is 755 g/mol. The Balaban J connectivity index is 4.49. The molecule has 0 heterocycles. The maximum atomic E-state index is 13.2. The van der Waals surface area contributed by atoms with E-state index in [1.807, 2.05) is 0 Å².